The SMILES string of the molecule is COC(=O)[CH-]C1=CCCC=C1.C[NH-].[W+2]. The van der Waals surface area contributed by atoms with Gasteiger partial charge in [0.1, 0.15) is 0 Å². The van der Waals surface area contributed by atoms with Gasteiger partial charge in [0.25, 0.3) is 5.97 Å². The van der Waals surface area contributed by atoms with Crippen LogP contribution in [-0.4, -0.2) is 20.1 Å². The van der Waals surface area contributed by atoms with Crippen LogP contribution in [0.15, 0.2) is 23.8 Å². The Bertz CT molecular complexity index is 212. The van der Waals surface area contributed by atoms with E-state index >= 15 is 0 Å². The van der Waals surface area contributed by atoms with Crippen molar-refractivity contribution in [2.75, 3.05) is 14.2 Å². The zero-order valence-corrected chi connectivity index (χ0v) is 11.4. The van der Waals surface area contributed by atoms with E-state index < -0.39 is 0 Å². The number of nitrogens with one attached hydrogen (secondary N) is 1. The van der Waals surface area contributed by atoms with E-state index in [9.17, 15) is 4.79 Å². The van der Waals surface area contributed by atoms with Crippen molar-refractivity contribution in [2.24, 2.45) is 0 Å². The summed E-state index contributed by atoms with van der Waals surface area (Å²) in [7, 11) is 2.63. The topological polar surface area (TPSA) is 50.1 Å². The van der Waals surface area contributed by atoms with Crippen molar-refractivity contribution in [1.82, 2.24) is 0 Å². The minimum absolute atomic E-state index is 0. The summed E-state index contributed by atoms with van der Waals surface area (Å²) in [5, 5.41) is 0. The smallest absolute Gasteiger partial charge is 0.680 e. The molecule has 1 aliphatic rings. The standard InChI is InChI=1S/C9H11O2.CH4N.W/c1-11-9(10)7-8-5-3-2-4-6-8;1-2;/h3,5-7H,2,4H2,1H3;2H,1H3;/q2*-1;+2. The molecule has 0 unspecified atom stereocenters. The first-order valence-electron chi connectivity index (χ1n) is 4.12. The van der Waals surface area contributed by atoms with E-state index in [0.717, 1.165) is 18.4 Å². The Hall–Kier alpha value is -0.532. The molecule has 0 spiro atoms. The molecule has 0 saturated heterocycles. The third-order valence-electron chi connectivity index (χ3n) is 1.51. The van der Waals surface area contributed by atoms with Crippen molar-refractivity contribution < 1.29 is 30.6 Å². The fourth-order valence-corrected chi connectivity index (χ4v) is 0.936. The Morgan fingerprint density at radius 3 is 2.57 bits per heavy atom. The van der Waals surface area contributed by atoms with Crippen molar-refractivity contribution >= 4 is 5.97 Å². The third kappa shape index (κ3) is 6.93. The van der Waals surface area contributed by atoms with E-state index in [1.54, 1.807) is 0 Å². The number of carbonyl (C=O) groups excluding carboxylic acids is 1. The summed E-state index contributed by atoms with van der Waals surface area (Å²) in [6.07, 6.45) is 9.58. The second-order valence-corrected chi connectivity index (χ2v) is 2.35. The molecule has 0 amide bonds. The van der Waals surface area contributed by atoms with Crippen LogP contribution in [0.3, 0.4) is 0 Å². The van der Waals surface area contributed by atoms with Gasteiger partial charge >= 0.3 is 21.1 Å². The van der Waals surface area contributed by atoms with E-state index in [4.69, 9.17) is 5.73 Å². The van der Waals surface area contributed by atoms with Gasteiger partial charge in [-0.25, -0.2) is 0 Å². The van der Waals surface area contributed by atoms with E-state index in [1.807, 2.05) is 12.2 Å². The van der Waals surface area contributed by atoms with Gasteiger partial charge in [-0.1, -0.05) is 19.3 Å². The van der Waals surface area contributed by atoms with Crippen molar-refractivity contribution in [2.45, 2.75) is 12.8 Å². The summed E-state index contributed by atoms with van der Waals surface area (Å²) < 4.78 is 4.48. The Kier molecular flexibility index (Phi) is 12.0. The van der Waals surface area contributed by atoms with Gasteiger partial charge in [0, 0.05) is 0 Å². The molecular weight excluding hydrogens is 350 g/mol. The molecule has 14 heavy (non-hydrogen) atoms. The number of ether oxygens (including phenoxy) is 1. The summed E-state index contributed by atoms with van der Waals surface area (Å²) in [5.74, 6) is -0.289. The molecule has 78 valence electrons. The van der Waals surface area contributed by atoms with Crippen LogP contribution in [0.2, 0.25) is 0 Å². The minimum atomic E-state index is -0.289. The number of methoxy groups -OCH3 is 1. The van der Waals surface area contributed by atoms with Gasteiger partial charge in [0.2, 0.25) is 0 Å². The quantitative estimate of drug-likeness (QED) is 0.557. The molecule has 1 N–H and O–H groups in total. The second kappa shape index (κ2) is 10.5. The van der Waals surface area contributed by atoms with Gasteiger partial charge in [-0.15, -0.1) is 6.08 Å². The molecule has 0 aromatic carbocycles. The van der Waals surface area contributed by atoms with Crippen molar-refractivity contribution in [1.29, 1.82) is 0 Å². The first kappa shape index (κ1) is 15.9. The van der Waals surface area contributed by atoms with Crippen LogP contribution in [-0.2, 0) is 30.6 Å². The molecule has 0 saturated carbocycles. The Labute approximate surface area is 99.6 Å². The summed E-state index contributed by atoms with van der Waals surface area (Å²) in [5.41, 5.74) is 6.70. The Morgan fingerprint density at radius 1 is 1.50 bits per heavy atom. The van der Waals surface area contributed by atoms with Crippen LogP contribution in [0, 0.1) is 6.42 Å². The van der Waals surface area contributed by atoms with Crippen LogP contribution in [0.25, 0.3) is 5.73 Å². The molecule has 0 aliphatic heterocycles. The maximum absolute atomic E-state index is 10.7. The fourth-order valence-electron chi connectivity index (χ4n) is 0.936. The number of hydrogen-bond donors (Lipinski definition) is 0. The van der Waals surface area contributed by atoms with Crippen molar-refractivity contribution in [3.63, 3.8) is 0 Å². The van der Waals surface area contributed by atoms with E-state index in [-0.39, 0.29) is 27.0 Å². The predicted molar refractivity (Wildman–Crippen MR) is 53.0 cm³/mol. The third-order valence-corrected chi connectivity index (χ3v) is 1.51. The van der Waals surface area contributed by atoms with Crippen molar-refractivity contribution in [3.05, 3.63) is 36.0 Å². The van der Waals surface area contributed by atoms with Crippen LogP contribution < -0.4 is 0 Å². The maximum atomic E-state index is 10.7. The van der Waals surface area contributed by atoms with Gasteiger partial charge in [0.15, 0.2) is 0 Å². The zero-order valence-electron chi connectivity index (χ0n) is 8.45. The first-order valence-corrected chi connectivity index (χ1v) is 4.12. The number of allylic oxidation sites excluding steroid dienone is 3. The molecule has 0 atom stereocenters. The van der Waals surface area contributed by atoms with Gasteiger partial charge in [-0.05, 0) is 0 Å². The molecule has 4 heteroatoms. The molecule has 0 radical (unpaired) electrons. The van der Waals surface area contributed by atoms with Gasteiger partial charge in [0.05, 0.1) is 7.11 Å². The summed E-state index contributed by atoms with van der Waals surface area (Å²) in [6, 6.07) is 0. The van der Waals surface area contributed by atoms with Crippen LogP contribution >= 0.6 is 0 Å². The second-order valence-electron chi connectivity index (χ2n) is 2.35. The fraction of sp³-hybridized carbons (Fsp3) is 0.400. The molecule has 0 heterocycles. The molecule has 3 nitrogen and oxygen atoms in total. The summed E-state index contributed by atoms with van der Waals surface area (Å²) in [4.78, 5) is 10.7. The van der Waals surface area contributed by atoms with Crippen LogP contribution in [0.4, 0.5) is 0 Å². The zero-order chi connectivity index (χ0) is 10.1. The molecule has 0 fully saturated rings. The van der Waals surface area contributed by atoms with Gasteiger partial charge in [-0.2, -0.15) is 24.8 Å². The molecule has 1 rings (SSSR count). The predicted octanol–water partition coefficient (Wildman–Crippen LogP) is 2.31. The van der Waals surface area contributed by atoms with Crippen LogP contribution in [0.1, 0.15) is 12.8 Å². The molecular formula is C10H15NO2W. The minimum Gasteiger partial charge on any atom is -0.680 e. The average Bonchev–Trinajstić information content (AvgIpc) is 2.22. The largest absolute Gasteiger partial charge is 2.00 e. The summed E-state index contributed by atoms with van der Waals surface area (Å²) >= 11 is 0. The molecule has 1 aliphatic carbocycles. The summed E-state index contributed by atoms with van der Waals surface area (Å²) in [6.45, 7) is 0. The number of carbonyl (C=O) groups is 1. The monoisotopic (exact) mass is 365 g/mol. The van der Waals surface area contributed by atoms with E-state index in [2.05, 4.69) is 10.8 Å². The number of rotatable bonds is 2. The normalized spacial score (nSPS) is 12.6. The molecule has 0 aromatic heterocycles. The molecule has 0 bridgehead atoms. The van der Waals surface area contributed by atoms with Crippen LogP contribution in [0.5, 0.6) is 0 Å². The first-order chi connectivity index (χ1) is 6.33. The maximum Gasteiger partial charge on any atom is 2.00 e. The Morgan fingerprint density at radius 2 is 2.14 bits per heavy atom. The van der Waals surface area contributed by atoms with Gasteiger partial charge < -0.3 is 10.5 Å². The van der Waals surface area contributed by atoms with E-state index in [1.165, 1.54) is 20.6 Å². The Balaban J connectivity index is 0. The van der Waals surface area contributed by atoms with Gasteiger partial charge in [-0.3, -0.25) is 4.79 Å². The molecule has 0 aromatic rings. The van der Waals surface area contributed by atoms with Crippen molar-refractivity contribution in [3.8, 4) is 0 Å². The average molecular weight is 365 g/mol. The number of esters is 1. The number of hydrogen-bond acceptors (Lipinski definition) is 2. The van der Waals surface area contributed by atoms with E-state index in [0.29, 0.717) is 0 Å².